The number of thiophene rings is 1. The van der Waals surface area contributed by atoms with Gasteiger partial charge in [-0.1, -0.05) is 6.42 Å². The van der Waals surface area contributed by atoms with Gasteiger partial charge in [-0.05, 0) is 41.4 Å². The standard InChI is InChI=1S/C13H17BrN2OS/c14-12-7-10(9-18-12)13(17)16-6-5-15-4-2-1-3-11(15)8-16/h7,9,11H,1-6,8H2/t11-/m0/s1. The smallest absolute Gasteiger partial charge is 0.254 e. The van der Waals surface area contributed by atoms with Crippen LogP contribution in [-0.2, 0) is 0 Å². The van der Waals surface area contributed by atoms with Crippen LogP contribution in [-0.4, -0.2) is 47.9 Å². The molecule has 18 heavy (non-hydrogen) atoms. The van der Waals surface area contributed by atoms with Gasteiger partial charge in [-0.15, -0.1) is 11.3 Å². The highest BCUT2D eigenvalue weighted by atomic mass is 79.9. The Balaban J connectivity index is 1.68. The Labute approximate surface area is 120 Å². The number of hydrogen-bond donors (Lipinski definition) is 0. The summed E-state index contributed by atoms with van der Waals surface area (Å²) in [4.78, 5) is 17.0. The quantitative estimate of drug-likeness (QED) is 0.791. The van der Waals surface area contributed by atoms with E-state index in [9.17, 15) is 4.79 Å². The van der Waals surface area contributed by atoms with Gasteiger partial charge in [0.25, 0.3) is 5.91 Å². The van der Waals surface area contributed by atoms with E-state index in [2.05, 4.69) is 20.8 Å². The molecular weight excluding hydrogens is 312 g/mol. The van der Waals surface area contributed by atoms with Crippen LogP contribution in [0.3, 0.4) is 0 Å². The van der Waals surface area contributed by atoms with Gasteiger partial charge < -0.3 is 4.90 Å². The van der Waals surface area contributed by atoms with E-state index in [4.69, 9.17) is 0 Å². The summed E-state index contributed by atoms with van der Waals surface area (Å²) in [5.41, 5.74) is 0.830. The van der Waals surface area contributed by atoms with Crippen molar-refractivity contribution in [1.29, 1.82) is 0 Å². The van der Waals surface area contributed by atoms with Crippen molar-refractivity contribution in [3.05, 3.63) is 20.8 Å². The molecule has 0 bridgehead atoms. The fraction of sp³-hybridized carbons (Fsp3) is 0.615. The minimum absolute atomic E-state index is 0.196. The first kappa shape index (κ1) is 12.6. The molecule has 1 atom stereocenters. The third-order valence-corrected chi connectivity index (χ3v) is 5.44. The van der Waals surface area contributed by atoms with Gasteiger partial charge >= 0.3 is 0 Å². The summed E-state index contributed by atoms with van der Waals surface area (Å²) in [5.74, 6) is 0.196. The predicted octanol–water partition coefficient (Wildman–Crippen LogP) is 2.82. The lowest BCUT2D eigenvalue weighted by Crippen LogP contribution is -2.56. The van der Waals surface area contributed by atoms with Crippen molar-refractivity contribution in [3.8, 4) is 0 Å². The maximum Gasteiger partial charge on any atom is 0.254 e. The van der Waals surface area contributed by atoms with Gasteiger partial charge in [-0.2, -0.15) is 0 Å². The van der Waals surface area contributed by atoms with E-state index in [0.29, 0.717) is 6.04 Å². The lowest BCUT2D eigenvalue weighted by molar-refractivity contribution is 0.0373. The molecule has 1 aromatic rings. The molecule has 0 spiro atoms. The van der Waals surface area contributed by atoms with Gasteiger partial charge in [-0.25, -0.2) is 0 Å². The number of piperidine rings is 1. The second kappa shape index (κ2) is 5.31. The highest BCUT2D eigenvalue weighted by Gasteiger charge is 2.31. The van der Waals surface area contributed by atoms with Crippen LogP contribution in [0.5, 0.6) is 0 Å². The van der Waals surface area contributed by atoms with Crippen molar-refractivity contribution in [2.24, 2.45) is 0 Å². The number of carbonyl (C=O) groups is 1. The summed E-state index contributed by atoms with van der Waals surface area (Å²) >= 11 is 5.00. The summed E-state index contributed by atoms with van der Waals surface area (Å²) in [7, 11) is 0. The molecule has 3 nitrogen and oxygen atoms in total. The van der Waals surface area contributed by atoms with Crippen molar-refractivity contribution in [1.82, 2.24) is 9.80 Å². The van der Waals surface area contributed by atoms with Crippen LogP contribution in [0.1, 0.15) is 29.6 Å². The van der Waals surface area contributed by atoms with E-state index in [1.54, 1.807) is 11.3 Å². The average Bonchev–Trinajstić information content (AvgIpc) is 2.84. The van der Waals surface area contributed by atoms with Crippen LogP contribution in [0.25, 0.3) is 0 Å². The number of carbonyl (C=O) groups excluding carboxylic acids is 1. The molecule has 2 fully saturated rings. The van der Waals surface area contributed by atoms with Crippen molar-refractivity contribution < 1.29 is 4.79 Å². The molecule has 0 aromatic carbocycles. The molecular formula is C13H17BrN2OS. The fourth-order valence-electron chi connectivity index (χ4n) is 2.95. The molecule has 1 aromatic heterocycles. The number of rotatable bonds is 1. The van der Waals surface area contributed by atoms with Crippen LogP contribution in [0.4, 0.5) is 0 Å². The number of nitrogens with zero attached hydrogens (tertiary/aromatic N) is 2. The van der Waals surface area contributed by atoms with Crippen molar-refractivity contribution in [2.45, 2.75) is 25.3 Å². The number of piperazine rings is 1. The van der Waals surface area contributed by atoms with Gasteiger partial charge in [0.1, 0.15) is 0 Å². The first-order valence-corrected chi connectivity index (χ1v) is 8.18. The fourth-order valence-corrected chi connectivity index (χ4v) is 4.08. The highest BCUT2D eigenvalue weighted by molar-refractivity contribution is 9.11. The van der Waals surface area contributed by atoms with Gasteiger partial charge in [0.2, 0.25) is 0 Å². The summed E-state index contributed by atoms with van der Waals surface area (Å²) in [6.07, 6.45) is 3.88. The highest BCUT2D eigenvalue weighted by Crippen LogP contribution is 2.25. The number of hydrogen-bond acceptors (Lipinski definition) is 3. The van der Waals surface area contributed by atoms with Crippen LogP contribution >= 0.6 is 27.3 Å². The zero-order chi connectivity index (χ0) is 12.5. The lowest BCUT2D eigenvalue weighted by Gasteiger charge is -2.44. The van der Waals surface area contributed by atoms with E-state index in [1.165, 1.54) is 25.8 Å². The Morgan fingerprint density at radius 1 is 1.33 bits per heavy atom. The molecule has 2 aliphatic heterocycles. The largest absolute Gasteiger partial charge is 0.336 e. The summed E-state index contributed by atoms with van der Waals surface area (Å²) in [6, 6.07) is 2.53. The van der Waals surface area contributed by atoms with E-state index < -0.39 is 0 Å². The van der Waals surface area contributed by atoms with Crippen LogP contribution in [0, 0.1) is 0 Å². The predicted molar refractivity (Wildman–Crippen MR) is 77.1 cm³/mol. The summed E-state index contributed by atoms with van der Waals surface area (Å²) < 4.78 is 1.03. The molecule has 0 unspecified atom stereocenters. The minimum Gasteiger partial charge on any atom is -0.336 e. The molecule has 0 radical (unpaired) electrons. The Morgan fingerprint density at radius 3 is 3.00 bits per heavy atom. The number of fused-ring (bicyclic) bond motifs is 1. The molecule has 5 heteroatoms. The molecule has 3 heterocycles. The van der Waals surface area contributed by atoms with E-state index in [1.807, 2.05) is 16.3 Å². The Hall–Kier alpha value is -0.390. The average molecular weight is 329 g/mol. The normalized spacial score (nSPS) is 24.9. The van der Waals surface area contributed by atoms with Crippen LogP contribution in [0.2, 0.25) is 0 Å². The van der Waals surface area contributed by atoms with Gasteiger partial charge in [0, 0.05) is 31.1 Å². The molecule has 1 amide bonds. The molecule has 2 aliphatic rings. The van der Waals surface area contributed by atoms with Crippen molar-refractivity contribution >= 4 is 33.2 Å². The Kier molecular flexibility index (Phi) is 3.73. The molecule has 98 valence electrons. The number of halogens is 1. The van der Waals surface area contributed by atoms with Gasteiger partial charge in [0.15, 0.2) is 0 Å². The molecule has 0 aliphatic carbocycles. The van der Waals surface area contributed by atoms with Crippen LogP contribution < -0.4 is 0 Å². The Morgan fingerprint density at radius 2 is 2.22 bits per heavy atom. The lowest BCUT2D eigenvalue weighted by atomic mass is 9.99. The first-order chi connectivity index (χ1) is 8.74. The van der Waals surface area contributed by atoms with E-state index in [-0.39, 0.29) is 5.91 Å². The zero-order valence-electron chi connectivity index (χ0n) is 10.3. The molecule has 3 rings (SSSR count). The molecule has 0 N–H and O–H groups in total. The third-order valence-electron chi connectivity index (χ3n) is 3.94. The third kappa shape index (κ3) is 2.49. The number of amides is 1. The van der Waals surface area contributed by atoms with Crippen LogP contribution in [0.15, 0.2) is 15.2 Å². The molecule has 0 saturated carbocycles. The summed E-state index contributed by atoms with van der Waals surface area (Å²) in [6.45, 7) is 4.05. The maximum absolute atomic E-state index is 12.4. The summed E-state index contributed by atoms with van der Waals surface area (Å²) in [5, 5.41) is 1.94. The SMILES string of the molecule is O=C(c1csc(Br)c1)N1CCN2CCCC[C@H]2C1. The monoisotopic (exact) mass is 328 g/mol. The second-order valence-corrected chi connectivity index (χ2v) is 7.37. The van der Waals surface area contributed by atoms with Crippen molar-refractivity contribution in [3.63, 3.8) is 0 Å². The Bertz CT molecular complexity index is 448. The van der Waals surface area contributed by atoms with E-state index in [0.717, 1.165) is 29.0 Å². The van der Waals surface area contributed by atoms with Gasteiger partial charge in [-0.3, -0.25) is 9.69 Å². The first-order valence-electron chi connectivity index (χ1n) is 6.51. The minimum atomic E-state index is 0.196. The van der Waals surface area contributed by atoms with Gasteiger partial charge in [0.05, 0.1) is 9.35 Å². The zero-order valence-corrected chi connectivity index (χ0v) is 12.7. The second-order valence-electron chi connectivity index (χ2n) is 5.08. The maximum atomic E-state index is 12.4. The van der Waals surface area contributed by atoms with Crippen molar-refractivity contribution in [2.75, 3.05) is 26.2 Å². The topological polar surface area (TPSA) is 23.6 Å². The molecule has 2 saturated heterocycles. The van der Waals surface area contributed by atoms with E-state index >= 15 is 0 Å².